The number of aromatic nitrogens is 1. The lowest BCUT2D eigenvalue weighted by Gasteiger charge is -2.26. The van der Waals surface area contributed by atoms with Crippen LogP contribution in [0.4, 0.5) is 4.39 Å². The molecule has 0 radical (unpaired) electrons. The van der Waals surface area contributed by atoms with Crippen molar-refractivity contribution < 1.29 is 18.7 Å². The van der Waals surface area contributed by atoms with Gasteiger partial charge in [-0.2, -0.15) is 0 Å². The Morgan fingerprint density at radius 1 is 1.12 bits per heavy atom. The number of halogens is 1. The number of benzene rings is 2. The van der Waals surface area contributed by atoms with Gasteiger partial charge in [0, 0.05) is 44.0 Å². The van der Waals surface area contributed by atoms with Gasteiger partial charge in [-0.25, -0.2) is 4.39 Å². The van der Waals surface area contributed by atoms with E-state index in [2.05, 4.69) is 15.2 Å². The van der Waals surface area contributed by atoms with Crippen LogP contribution >= 0.6 is 0 Å². The van der Waals surface area contributed by atoms with Crippen LogP contribution < -0.4 is 10.1 Å². The molecule has 1 saturated heterocycles. The second kappa shape index (κ2) is 11.7. The van der Waals surface area contributed by atoms with Gasteiger partial charge in [-0.1, -0.05) is 35.9 Å². The molecule has 0 aliphatic carbocycles. The van der Waals surface area contributed by atoms with Crippen LogP contribution in [0.25, 0.3) is 11.3 Å². The first-order chi connectivity index (χ1) is 16.6. The maximum absolute atomic E-state index is 14.7. The summed E-state index contributed by atoms with van der Waals surface area (Å²) in [5, 5.41) is 2.92. The summed E-state index contributed by atoms with van der Waals surface area (Å²) in [4.78, 5) is 18.9. The summed E-state index contributed by atoms with van der Waals surface area (Å²) >= 11 is 0. The highest BCUT2D eigenvalue weighted by Crippen LogP contribution is 2.25. The fourth-order valence-electron chi connectivity index (χ4n) is 3.87. The van der Waals surface area contributed by atoms with Gasteiger partial charge in [-0.15, -0.1) is 0 Å². The zero-order valence-electron chi connectivity index (χ0n) is 19.4. The molecule has 2 heterocycles. The van der Waals surface area contributed by atoms with Crippen molar-refractivity contribution in [1.82, 2.24) is 15.2 Å². The Morgan fingerprint density at radius 2 is 1.97 bits per heavy atom. The van der Waals surface area contributed by atoms with Gasteiger partial charge in [0.25, 0.3) is 0 Å². The van der Waals surface area contributed by atoms with E-state index in [0.717, 1.165) is 49.5 Å². The summed E-state index contributed by atoms with van der Waals surface area (Å²) < 4.78 is 25.8. The molecule has 1 N–H and O–H groups in total. The molecular weight excluding hydrogens is 433 g/mol. The molecule has 1 fully saturated rings. The standard InChI is InChI=1S/C27H30FN3O3/c1-20-3-2-4-21(15-20)19-30-27(32)16-22-5-8-26(29-18-22)24-7-6-23(17-25(24)28)34-14-11-31-9-12-33-13-10-31/h2-8,15,17-18H,9-14,16,19H2,1H3,(H,30,32). The lowest BCUT2D eigenvalue weighted by molar-refractivity contribution is -0.120. The van der Waals surface area contributed by atoms with Crippen molar-refractivity contribution in [2.45, 2.75) is 19.9 Å². The number of ether oxygens (including phenoxy) is 2. The van der Waals surface area contributed by atoms with E-state index in [9.17, 15) is 9.18 Å². The molecule has 0 saturated carbocycles. The van der Waals surface area contributed by atoms with Crippen molar-refractivity contribution >= 4 is 5.91 Å². The first-order valence-electron chi connectivity index (χ1n) is 11.6. The first-order valence-corrected chi connectivity index (χ1v) is 11.6. The Bertz CT molecular complexity index is 1100. The molecule has 7 heteroatoms. The van der Waals surface area contributed by atoms with Crippen LogP contribution in [0.15, 0.2) is 60.8 Å². The summed E-state index contributed by atoms with van der Waals surface area (Å²) in [5.41, 5.74) is 3.91. The van der Waals surface area contributed by atoms with Crippen LogP contribution in [0.1, 0.15) is 16.7 Å². The smallest absolute Gasteiger partial charge is 0.224 e. The summed E-state index contributed by atoms with van der Waals surface area (Å²) in [7, 11) is 0. The second-order valence-corrected chi connectivity index (χ2v) is 8.44. The Kier molecular flexibility index (Phi) is 8.22. The number of aryl methyl sites for hydroxylation is 1. The Morgan fingerprint density at radius 3 is 2.71 bits per heavy atom. The molecule has 4 rings (SSSR count). The predicted molar refractivity (Wildman–Crippen MR) is 129 cm³/mol. The minimum Gasteiger partial charge on any atom is -0.492 e. The monoisotopic (exact) mass is 463 g/mol. The fourth-order valence-corrected chi connectivity index (χ4v) is 3.87. The molecule has 2 aromatic carbocycles. The van der Waals surface area contributed by atoms with Gasteiger partial charge in [-0.3, -0.25) is 14.7 Å². The third-order valence-corrected chi connectivity index (χ3v) is 5.76. The Hall–Kier alpha value is -3.29. The minimum atomic E-state index is -0.389. The zero-order valence-corrected chi connectivity index (χ0v) is 19.4. The van der Waals surface area contributed by atoms with Gasteiger partial charge in [0.15, 0.2) is 0 Å². The summed E-state index contributed by atoms with van der Waals surface area (Å²) in [6.45, 7) is 7.07. The van der Waals surface area contributed by atoms with Crippen molar-refractivity contribution in [3.05, 3.63) is 83.3 Å². The van der Waals surface area contributed by atoms with Crippen molar-refractivity contribution in [3.63, 3.8) is 0 Å². The minimum absolute atomic E-state index is 0.0826. The normalized spacial score (nSPS) is 14.1. The molecule has 3 aromatic rings. The highest BCUT2D eigenvalue weighted by Gasteiger charge is 2.12. The van der Waals surface area contributed by atoms with E-state index in [1.54, 1.807) is 30.5 Å². The highest BCUT2D eigenvalue weighted by molar-refractivity contribution is 5.78. The van der Waals surface area contributed by atoms with Gasteiger partial charge < -0.3 is 14.8 Å². The fraction of sp³-hybridized carbons (Fsp3) is 0.333. The van der Waals surface area contributed by atoms with Crippen molar-refractivity contribution in [2.75, 3.05) is 39.5 Å². The molecule has 34 heavy (non-hydrogen) atoms. The van der Waals surface area contributed by atoms with Crippen LogP contribution in [0.2, 0.25) is 0 Å². The van der Waals surface area contributed by atoms with E-state index in [0.29, 0.717) is 30.2 Å². The number of carbonyl (C=O) groups is 1. The largest absolute Gasteiger partial charge is 0.492 e. The Balaban J connectivity index is 1.28. The number of nitrogens with zero attached hydrogens (tertiary/aromatic N) is 2. The van der Waals surface area contributed by atoms with Gasteiger partial charge in [-0.05, 0) is 36.2 Å². The van der Waals surface area contributed by atoms with Crippen LogP contribution in [0.5, 0.6) is 5.75 Å². The number of carbonyl (C=O) groups excluding carboxylic acids is 1. The lowest BCUT2D eigenvalue weighted by Crippen LogP contribution is -2.38. The first kappa shape index (κ1) is 23.9. The van der Waals surface area contributed by atoms with E-state index in [4.69, 9.17) is 9.47 Å². The highest BCUT2D eigenvalue weighted by atomic mass is 19.1. The van der Waals surface area contributed by atoms with Gasteiger partial charge in [0.1, 0.15) is 18.2 Å². The summed E-state index contributed by atoms with van der Waals surface area (Å²) in [6, 6.07) is 16.4. The third kappa shape index (κ3) is 6.85. The maximum atomic E-state index is 14.7. The van der Waals surface area contributed by atoms with Gasteiger partial charge in [0.2, 0.25) is 5.91 Å². The van der Waals surface area contributed by atoms with Crippen LogP contribution in [-0.2, 0) is 22.5 Å². The zero-order chi connectivity index (χ0) is 23.8. The molecule has 1 aliphatic heterocycles. The molecular formula is C27H30FN3O3. The number of hydrogen-bond acceptors (Lipinski definition) is 5. The number of rotatable bonds is 9. The van der Waals surface area contributed by atoms with Gasteiger partial charge >= 0.3 is 0 Å². The molecule has 178 valence electrons. The predicted octanol–water partition coefficient (Wildman–Crippen LogP) is 3.77. The molecule has 0 spiro atoms. The van der Waals surface area contributed by atoms with Crippen molar-refractivity contribution in [3.8, 4) is 17.0 Å². The summed E-state index contributed by atoms with van der Waals surface area (Å²) in [6.07, 6.45) is 1.84. The quantitative estimate of drug-likeness (QED) is 0.524. The topological polar surface area (TPSA) is 63.7 Å². The average Bonchev–Trinajstić information content (AvgIpc) is 2.84. The van der Waals surface area contributed by atoms with E-state index >= 15 is 0 Å². The number of morpholine rings is 1. The molecule has 6 nitrogen and oxygen atoms in total. The van der Waals surface area contributed by atoms with Crippen molar-refractivity contribution in [1.29, 1.82) is 0 Å². The number of hydrogen-bond donors (Lipinski definition) is 1. The number of amides is 1. The second-order valence-electron chi connectivity index (χ2n) is 8.44. The van der Waals surface area contributed by atoms with E-state index in [1.165, 1.54) is 6.07 Å². The van der Waals surface area contributed by atoms with E-state index < -0.39 is 0 Å². The van der Waals surface area contributed by atoms with Crippen LogP contribution in [0.3, 0.4) is 0 Å². The van der Waals surface area contributed by atoms with Crippen LogP contribution in [0, 0.1) is 12.7 Å². The number of pyridine rings is 1. The van der Waals surface area contributed by atoms with Gasteiger partial charge in [0.05, 0.1) is 25.3 Å². The van der Waals surface area contributed by atoms with E-state index in [-0.39, 0.29) is 18.1 Å². The molecule has 0 bridgehead atoms. The third-order valence-electron chi connectivity index (χ3n) is 5.76. The van der Waals surface area contributed by atoms with Crippen LogP contribution in [-0.4, -0.2) is 55.2 Å². The average molecular weight is 464 g/mol. The molecule has 1 aromatic heterocycles. The molecule has 0 unspecified atom stereocenters. The summed E-state index contributed by atoms with van der Waals surface area (Å²) in [5.74, 6) is 0.0252. The molecule has 1 amide bonds. The number of nitrogens with one attached hydrogen (secondary N) is 1. The lowest BCUT2D eigenvalue weighted by atomic mass is 10.1. The molecule has 0 atom stereocenters. The van der Waals surface area contributed by atoms with E-state index in [1.807, 2.05) is 31.2 Å². The Labute approximate surface area is 199 Å². The molecule has 1 aliphatic rings. The van der Waals surface area contributed by atoms with Crippen molar-refractivity contribution in [2.24, 2.45) is 0 Å². The SMILES string of the molecule is Cc1cccc(CNC(=O)Cc2ccc(-c3ccc(OCCN4CCOCC4)cc3F)nc2)c1. The maximum Gasteiger partial charge on any atom is 0.224 e.